The van der Waals surface area contributed by atoms with Crippen molar-refractivity contribution in [1.29, 1.82) is 0 Å². The van der Waals surface area contributed by atoms with Crippen LogP contribution in [0.3, 0.4) is 0 Å². The molecule has 0 unspecified atom stereocenters. The van der Waals surface area contributed by atoms with E-state index in [9.17, 15) is 4.79 Å². The van der Waals surface area contributed by atoms with Crippen molar-refractivity contribution >= 4 is 22.4 Å². The lowest BCUT2D eigenvalue weighted by Gasteiger charge is -2.06. The van der Waals surface area contributed by atoms with E-state index in [1.807, 2.05) is 17.5 Å². The minimum atomic E-state index is -0.170. The lowest BCUT2D eigenvalue weighted by molar-refractivity contribution is 0.102. The summed E-state index contributed by atoms with van der Waals surface area (Å²) in [7, 11) is 0. The minimum Gasteiger partial charge on any atom is -0.494 e. The summed E-state index contributed by atoms with van der Waals surface area (Å²) < 4.78 is 5.63. The number of hydrogen-bond acceptors (Lipinski definition) is 4. The summed E-state index contributed by atoms with van der Waals surface area (Å²) in [6.45, 7) is 7.00. The molecule has 0 aliphatic carbocycles. The molecule has 0 aliphatic rings. The first-order chi connectivity index (χ1) is 13.1. The summed E-state index contributed by atoms with van der Waals surface area (Å²) in [6.07, 6.45) is 2.12. The summed E-state index contributed by atoms with van der Waals surface area (Å²) in [4.78, 5) is 17.0. The molecule has 140 valence electrons. The maximum absolute atomic E-state index is 12.4. The number of rotatable bonds is 7. The van der Waals surface area contributed by atoms with Crippen LogP contribution in [0.15, 0.2) is 47.8 Å². The fourth-order valence-electron chi connectivity index (χ4n) is 2.57. The average Bonchev–Trinajstić information content (AvgIpc) is 3.13. The van der Waals surface area contributed by atoms with Crippen molar-refractivity contribution < 1.29 is 9.53 Å². The van der Waals surface area contributed by atoms with Crippen molar-refractivity contribution in [2.75, 3.05) is 11.9 Å². The van der Waals surface area contributed by atoms with Crippen LogP contribution in [-0.4, -0.2) is 17.5 Å². The van der Waals surface area contributed by atoms with Crippen LogP contribution in [0.5, 0.6) is 5.75 Å². The van der Waals surface area contributed by atoms with E-state index in [4.69, 9.17) is 4.74 Å². The van der Waals surface area contributed by atoms with Crippen LogP contribution in [0.4, 0.5) is 5.13 Å². The highest BCUT2D eigenvalue weighted by molar-refractivity contribution is 7.14. The molecule has 1 aromatic heterocycles. The van der Waals surface area contributed by atoms with E-state index < -0.39 is 0 Å². The molecule has 0 saturated carbocycles. The number of amides is 1. The highest BCUT2D eigenvalue weighted by Crippen LogP contribution is 2.27. The van der Waals surface area contributed by atoms with Crippen LogP contribution >= 0.6 is 11.3 Å². The van der Waals surface area contributed by atoms with Crippen LogP contribution in [-0.2, 0) is 0 Å². The minimum absolute atomic E-state index is 0.170. The van der Waals surface area contributed by atoms with Gasteiger partial charge in [0.25, 0.3) is 5.91 Å². The van der Waals surface area contributed by atoms with E-state index in [0.717, 1.165) is 29.8 Å². The van der Waals surface area contributed by atoms with Gasteiger partial charge in [-0.3, -0.25) is 10.1 Å². The van der Waals surface area contributed by atoms with Crippen LogP contribution < -0.4 is 10.1 Å². The van der Waals surface area contributed by atoms with E-state index in [0.29, 0.717) is 17.3 Å². The molecule has 0 fully saturated rings. The molecule has 3 rings (SSSR count). The smallest absolute Gasteiger partial charge is 0.257 e. The molecule has 5 heteroatoms. The maximum Gasteiger partial charge on any atom is 0.257 e. The predicted molar refractivity (Wildman–Crippen MR) is 112 cm³/mol. The number of carbonyl (C=O) groups excluding carboxylic acids is 1. The van der Waals surface area contributed by atoms with Crippen molar-refractivity contribution in [2.45, 2.75) is 33.6 Å². The number of carbonyl (C=O) groups is 1. The third-order valence-electron chi connectivity index (χ3n) is 4.41. The van der Waals surface area contributed by atoms with Gasteiger partial charge in [0.2, 0.25) is 0 Å². The zero-order valence-corrected chi connectivity index (χ0v) is 16.7. The molecular formula is C22H24N2O2S. The molecule has 0 aliphatic heterocycles. The largest absolute Gasteiger partial charge is 0.494 e. The molecule has 1 N–H and O–H groups in total. The van der Waals surface area contributed by atoms with Gasteiger partial charge in [-0.05, 0) is 61.7 Å². The van der Waals surface area contributed by atoms with E-state index in [2.05, 4.69) is 49.3 Å². The van der Waals surface area contributed by atoms with Crippen molar-refractivity contribution in [1.82, 2.24) is 4.98 Å². The standard InChI is InChI=1S/C22H24N2O2S/c1-4-5-12-26-19-10-8-17(9-11-19)21(25)24-22-23-20(14-27-22)18-7-6-15(2)16(3)13-18/h6-11,13-14H,4-5,12H2,1-3H3,(H,23,24,25). The summed E-state index contributed by atoms with van der Waals surface area (Å²) in [5, 5.41) is 5.43. The lowest BCUT2D eigenvalue weighted by Crippen LogP contribution is -2.11. The Balaban J connectivity index is 1.64. The van der Waals surface area contributed by atoms with E-state index in [1.54, 1.807) is 12.1 Å². The Morgan fingerprint density at radius 3 is 2.59 bits per heavy atom. The van der Waals surface area contributed by atoms with E-state index in [-0.39, 0.29) is 5.91 Å². The lowest BCUT2D eigenvalue weighted by atomic mass is 10.1. The molecule has 1 heterocycles. The van der Waals surface area contributed by atoms with Crippen LogP contribution in [0, 0.1) is 13.8 Å². The normalized spacial score (nSPS) is 10.6. The van der Waals surface area contributed by atoms with Gasteiger partial charge in [-0.1, -0.05) is 25.5 Å². The van der Waals surface area contributed by atoms with Gasteiger partial charge in [-0.25, -0.2) is 4.98 Å². The first-order valence-corrected chi connectivity index (χ1v) is 10.0. The highest BCUT2D eigenvalue weighted by Gasteiger charge is 2.11. The first-order valence-electron chi connectivity index (χ1n) is 9.14. The third-order valence-corrected chi connectivity index (χ3v) is 5.17. The van der Waals surface area contributed by atoms with Gasteiger partial charge < -0.3 is 4.74 Å². The van der Waals surface area contributed by atoms with Gasteiger partial charge in [0.1, 0.15) is 5.75 Å². The Morgan fingerprint density at radius 1 is 1.11 bits per heavy atom. The number of benzene rings is 2. The molecule has 0 atom stereocenters. The second-order valence-corrected chi connectivity index (χ2v) is 7.38. The second kappa shape index (κ2) is 8.82. The first kappa shape index (κ1) is 19.1. The molecule has 3 aromatic rings. The Hall–Kier alpha value is -2.66. The average molecular weight is 381 g/mol. The quantitative estimate of drug-likeness (QED) is 0.522. The molecule has 0 radical (unpaired) electrons. The number of hydrogen-bond donors (Lipinski definition) is 1. The number of thiazole rings is 1. The highest BCUT2D eigenvalue weighted by atomic mass is 32.1. The molecular weight excluding hydrogens is 356 g/mol. The van der Waals surface area contributed by atoms with Crippen molar-refractivity contribution in [3.8, 4) is 17.0 Å². The topological polar surface area (TPSA) is 51.2 Å². The maximum atomic E-state index is 12.4. The predicted octanol–water partition coefficient (Wildman–Crippen LogP) is 5.86. The Kier molecular flexibility index (Phi) is 6.24. The molecule has 0 saturated heterocycles. The Bertz CT molecular complexity index is 916. The van der Waals surface area contributed by atoms with Crippen LogP contribution in [0.2, 0.25) is 0 Å². The molecule has 2 aromatic carbocycles. The summed E-state index contributed by atoms with van der Waals surface area (Å²) in [6, 6.07) is 13.5. The third kappa shape index (κ3) is 4.95. The summed E-state index contributed by atoms with van der Waals surface area (Å²) in [5.41, 5.74) is 5.00. The fourth-order valence-corrected chi connectivity index (χ4v) is 3.29. The number of aromatic nitrogens is 1. The zero-order valence-electron chi connectivity index (χ0n) is 15.9. The van der Waals surface area contributed by atoms with Gasteiger partial charge in [-0.2, -0.15) is 0 Å². The number of aryl methyl sites for hydroxylation is 2. The van der Waals surface area contributed by atoms with E-state index in [1.165, 1.54) is 22.5 Å². The van der Waals surface area contributed by atoms with Crippen molar-refractivity contribution in [3.05, 3.63) is 64.5 Å². The number of nitrogens with one attached hydrogen (secondary N) is 1. The Morgan fingerprint density at radius 2 is 1.89 bits per heavy atom. The monoisotopic (exact) mass is 380 g/mol. The zero-order chi connectivity index (χ0) is 19.2. The molecule has 4 nitrogen and oxygen atoms in total. The second-order valence-electron chi connectivity index (χ2n) is 6.52. The summed E-state index contributed by atoms with van der Waals surface area (Å²) in [5.74, 6) is 0.613. The van der Waals surface area contributed by atoms with Gasteiger partial charge in [0, 0.05) is 16.5 Å². The van der Waals surface area contributed by atoms with Gasteiger partial charge in [0.15, 0.2) is 5.13 Å². The summed E-state index contributed by atoms with van der Waals surface area (Å²) >= 11 is 1.43. The Labute approximate surface area is 164 Å². The van der Waals surface area contributed by atoms with Crippen LogP contribution in [0.25, 0.3) is 11.3 Å². The molecule has 0 spiro atoms. The van der Waals surface area contributed by atoms with Crippen LogP contribution in [0.1, 0.15) is 41.3 Å². The molecule has 0 bridgehead atoms. The SMILES string of the molecule is CCCCOc1ccc(C(=O)Nc2nc(-c3ccc(C)c(C)c3)cs2)cc1. The van der Waals surface area contributed by atoms with Gasteiger partial charge >= 0.3 is 0 Å². The number of ether oxygens (including phenoxy) is 1. The molecule has 27 heavy (non-hydrogen) atoms. The van der Waals surface area contributed by atoms with Crippen molar-refractivity contribution in [2.24, 2.45) is 0 Å². The van der Waals surface area contributed by atoms with Gasteiger partial charge in [0.05, 0.1) is 12.3 Å². The fraction of sp³-hybridized carbons (Fsp3) is 0.273. The van der Waals surface area contributed by atoms with E-state index >= 15 is 0 Å². The number of anilines is 1. The molecule has 1 amide bonds. The number of nitrogens with zero attached hydrogens (tertiary/aromatic N) is 1. The number of unbranched alkanes of at least 4 members (excludes halogenated alkanes) is 1. The van der Waals surface area contributed by atoms with Gasteiger partial charge in [-0.15, -0.1) is 11.3 Å². The van der Waals surface area contributed by atoms with Crippen molar-refractivity contribution in [3.63, 3.8) is 0 Å².